The Morgan fingerprint density at radius 1 is 1.32 bits per heavy atom. The average Bonchev–Trinajstić information content (AvgIpc) is 2.32. The predicted octanol–water partition coefficient (Wildman–Crippen LogP) is 1.73. The van der Waals surface area contributed by atoms with Gasteiger partial charge in [0, 0.05) is 25.2 Å². The number of amides is 1. The number of nitrogen functional groups attached to an aromatic ring is 1. The fourth-order valence-electron chi connectivity index (χ4n) is 1.73. The first-order chi connectivity index (χ1) is 8.93. The smallest absolute Gasteiger partial charge is 0.254 e. The molecule has 0 saturated carbocycles. The zero-order valence-electron chi connectivity index (χ0n) is 11.7. The number of halogens is 1. The number of nitrogens with two attached hydrogens (primary N) is 1. The Hall–Kier alpha value is -1.33. The van der Waals surface area contributed by atoms with Gasteiger partial charge in [-0.15, -0.1) is 0 Å². The SMILES string of the molecule is CCCN(CCN(C)C)C(=O)c1cc(N)nc(Cl)c1. The van der Waals surface area contributed by atoms with Crippen molar-refractivity contribution in [1.82, 2.24) is 14.8 Å². The molecule has 0 aliphatic heterocycles. The van der Waals surface area contributed by atoms with Crippen molar-refractivity contribution >= 4 is 23.3 Å². The lowest BCUT2D eigenvalue weighted by molar-refractivity contribution is 0.0745. The molecule has 1 amide bonds. The van der Waals surface area contributed by atoms with Crippen molar-refractivity contribution in [3.05, 3.63) is 22.8 Å². The zero-order chi connectivity index (χ0) is 14.4. The molecule has 5 nitrogen and oxygen atoms in total. The molecule has 6 heteroatoms. The molecule has 19 heavy (non-hydrogen) atoms. The van der Waals surface area contributed by atoms with Crippen molar-refractivity contribution in [2.24, 2.45) is 0 Å². The molecule has 0 aromatic carbocycles. The van der Waals surface area contributed by atoms with E-state index in [1.54, 1.807) is 12.1 Å². The first kappa shape index (κ1) is 15.7. The summed E-state index contributed by atoms with van der Waals surface area (Å²) in [5.74, 6) is 0.208. The molecule has 106 valence electrons. The number of likely N-dealkylation sites (N-methyl/N-ethyl adjacent to an activating group) is 1. The number of nitrogens with zero attached hydrogens (tertiary/aromatic N) is 3. The Bertz CT molecular complexity index is 416. The van der Waals surface area contributed by atoms with Crippen LogP contribution in [0, 0.1) is 0 Å². The summed E-state index contributed by atoms with van der Waals surface area (Å²) >= 11 is 5.83. The number of carbonyl (C=O) groups excluding carboxylic acids is 1. The fourth-order valence-corrected chi connectivity index (χ4v) is 1.94. The molecule has 1 heterocycles. The van der Waals surface area contributed by atoms with E-state index in [9.17, 15) is 4.79 Å². The number of anilines is 1. The second-order valence-corrected chi connectivity index (χ2v) is 5.09. The highest BCUT2D eigenvalue weighted by atomic mass is 35.5. The van der Waals surface area contributed by atoms with E-state index in [1.165, 1.54) is 0 Å². The first-order valence-electron chi connectivity index (χ1n) is 6.31. The topological polar surface area (TPSA) is 62.5 Å². The molecule has 0 unspecified atom stereocenters. The van der Waals surface area contributed by atoms with Crippen LogP contribution < -0.4 is 5.73 Å². The summed E-state index contributed by atoms with van der Waals surface area (Å²) in [5.41, 5.74) is 6.11. The lowest BCUT2D eigenvalue weighted by Crippen LogP contribution is -2.37. The summed E-state index contributed by atoms with van der Waals surface area (Å²) in [6, 6.07) is 3.12. The summed E-state index contributed by atoms with van der Waals surface area (Å²) in [7, 11) is 3.96. The van der Waals surface area contributed by atoms with Crippen LogP contribution in [-0.4, -0.2) is 54.4 Å². The van der Waals surface area contributed by atoms with E-state index < -0.39 is 0 Å². The Kier molecular flexibility index (Phi) is 6.05. The van der Waals surface area contributed by atoms with E-state index in [0.29, 0.717) is 18.7 Å². The van der Waals surface area contributed by atoms with E-state index in [-0.39, 0.29) is 16.9 Å². The molecule has 0 saturated heterocycles. The van der Waals surface area contributed by atoms with Gasteiger partial charge in [-0.1, -0.05) is 18.5 Å². The summed E-state index contributed by atoms with van der Waals surface area (Å²) in [6.45, 7) is 4.26. The number of carbonyl (C=O) groups is 1. The van der Waals surface area contributed by atoms with Gasteiger partial charge in [0.1, 0.15) is 11.0 Å². The van der Waals surface area contributed by atoms with E-state index in [1.807, 2.05) is 30.8 Å². The second kappa shape index (κ2) is 7.31. The fraction of sp³-hybridized carbons (Fsp3) is 0.538. The van der Waals surface area contributed by atoms with Crippen LogP contribution in [0.4, 0.5) is 5.82 Å². The van der Waals surface area contributed by atoms with Crippen molar-refractivity contribution < 1.29 is 4.79 Å². The Morgan fingerprint density at radius 3 is 2.53 bits per heavy atom. The zero-order valence-corrected chi connectivity index (χ0v) is 12.4. The second-order valence-electron chi connectivity index (χ2n) is 4.70. The highest BCUT2D eigenvalue weighted by Crippen LogP contribution is 2.14. The van der Waals surface area contributed by atoms with Crippen molar-refractivity contribution in [3.63, 3.8) is 0 Å². The van der Waals surface area contributed by atoms with Gasteiger partial charge in [0.2, 0.25) is 0 Å². The summed E-state index contributed by atoms with van der Waals surface area (Å²) in [4.78, 5) is 20.1. The summed E-state index contributed by atoms with van der Waals surface area (Å²) < 4.78 is 0. The van der Waals surface area contributed by atoms with Gasteiger partial charge < -0.3 is 15.5 Å². The van der Waals surface area contributed by atoms with Crippen LogP contribution >= 0.6 is 11.6 Å². The minimum atomic E-state index is -0.0558. The molecule has 2 N–H and O–H groups in total. The maximum absolute atomic E-state index is 12.4. The van der Waals surface area contributed by atoms with E-state index in [0.717, 1.165) is 13.0 Å². The van der Waals surface area contributed by atoms with Crippen LogP contribution in [0.15, 0.2) is 12.1 Å². The van der Waals surface area contributed by atoms with Crippen LogP contribution in [0.5, 0.6) is 0 Å². The molecule has 0 spiro atoms. The van der Waals surface area contributed by atoms with Crippen LogP contribution in [0.2, 0.25) is 5.15 Å². The largest absolute Gasteiger partial charge is 0.384 e. The van der Waals surface area contributed by atoms with Crippen molar-refractivity contribution in [1.29, 1.82) is 0 Å². The van der Waals surface area contributed by atoms with E-state index in [2.05, 4.69) is 4.98 Å². The van der Waals surface area contributed by atoms with Gasteiger partial charge in [0.25, 0.3) is 5.91 Å². The van der Waals surface area contributed by atoms with Gasteiger partial charge in [-0.3, -0.25) is 4.79 Å². The molecule has 0 radical (unpaired) electrons. The van der Waals surface area contributed by atoms with Gasteiger partial charge in [-0.25, -0.2) is 4.98 Å². The standard InChI is InChI=1S/C13H21ClN4O/c1-4-5-18(7-6-17(2)3)13(19)10-8-11(14)16-12(15)9-10/h8-9H,4-7H2,1-3H3,(H2,15,16). The Morgan fingerprint density at radius 2 is 2.00 bits per heavy atom. The van der Waals surface area contributed by atoms with Crippen LogP contribution in [-0.2, 0) is 0 Å². The maximum Gasteiger partial charge on any atom is 0.254 e. The minimum Gasteiger partial charge on any atom is -0.384 e. The Balaban J connectivity index is 2.85. The normalized spacial score (nSPS) is 10.8. The molecule has 0 atom stereocenters. The molecular weight excluding hydrogens is 264 g/mol. The molecule has 1 aromatic heterocycles. The van der Waals surface area contributed by atoms with Crippen molar-refractivity contribution in [3.8, 4) is 0 Å². The lowest BCUT2D eigenvalue weighted by Gasteiger charge is -2.24. The maximum atomic E-state index is 12.4. The summed E-state index contributed by atoms with van der Waals surface area (Å²) in [5, 5.41) is 0.243. The molecule has 1 rings (SSSR count). The number of pyridine rings is 1. The van der Waals surface area contributed by atoms with Gasteiger partial charge >= 0.3 is 0 Å². The van der Waals surface area contributed by atoms with Gasteiger partial charge in [0.05, 0.1) is 0 Å². The van der Waals surface area contributed by atoms with Gasteiger partial charge in [0.15, 0.2) is 0 Å². The number of rotatable bonds is 6. The van der Waals surface area contributed by atoms with E-state index in [4.69, 9.17) is 17.3 Å². The molecule has 1 aromatic rings. The number of hydrogen-bond donors (Lipinski definition) is 1. The molecule has 0 aliphatic carbocycles. The molecule has 0 fully saturated rings. The van der Waals surface area contributed by atoms with Crippen molar-refractivity contribution in [2.75, 3.05) is 39.5 Å². The van der Waals surface area contributed by atoms with Crippen LogP contribution in [0.1, 0.15) is 23.7 Å². The Labute approximate surface area is 119 Å². The monoisotopic (exact) mass is 284 g/mol. The quantitative estimate of drug-likeness (QED) is 0.808. The van der Waals surface area contributed by atoms with E-state index >= 15 is 0 Å². The number of hydrogen-bond acceptors (Lipinski definition) is 4. The molecular formula is C13H21ClN4O. The lowest BCUT2D eigenvalue weighted by atomic mass is 10.2. The minimum absolute atomic E-state index is 0.0558. The van der Waals surface area contributed by atoms with Crippen LogP contribution in [0.25, 0.3) is 0 Å². The van der Waals surface area contributed by atoms with Crippen LogP contribution in [0.3, 0.4) is 0 Å². The van der Waals surface area contributed by atoms with Gasteiger partial charge in [-0.2, -0.15) is 0 Å². The van der Waals surface area contributed by atoms with Gasteiger partial charge in [-0.05, 0) is 32.6 Å². The molecule has 0 bridgehead atoms. The third-order valence-electron chi connectivity index (χ3n) is 2.66. The third kappa shape index (κ3) is 5.04. The average molecular weight is 285 g/mol. The third-order valence-corrected chi connectivity index (χ3v) is 2.85. The highest BCUT2D eigenvalue weighted by molar-refractivity contribution is 6.29. The highest BCUT2D eigenvalue weighted by Gasteiger charge is 2.16. The first-order valence-corrected chi connectivity index (χ1v) is 6.69. The predicted molar refractivity (Wildman–Crippen MR) is 78.4 cm³/mol. The molecule has 0 aliphatic rings. The number of aromatic nitrogens is 1. The summed E-state index contributed by atoms with van der Waals surface area (Å²) in [6.07, 6.45) is 0.910. The van der Waals surface area contributed by atoms with Crippen molar-refractivity contribution in [2.45, 2.75) is 13.3 Å².